The molecule has 5 heteroatoms. The summed E-state index contributed by atoms with van der Waals surface area (Å²) in [5.74, 6) is -0.0895. The zero-order chi connectivity index (χ0) is 15.7. The fourth-order valence-corrected chi connectivity index (χ4v) is 3.40. The number of carbonyl (C=O) groups is 1. The molecular formula is C17H11BrClNOS. The Bertz CT molecular complexity index is 825. The number of benzene rings is 2. The van der Waals surface area contributed by atoms with Crippen molar-refractivity contribution in [2.24, 2.45) is 0 Å². The molecule has 110 valence electrons. The second-order valence-corrected chi connectivity index (χ2v) is 6.99. The maximum Gasteiger partial charge on any atom is 0.196 e. The third kappa shape index (κ3) is 2.95. The van der Waals surface area contributed by atoms with E-state index in [2.05, 4.69) is 15.9 Å². The minimum atomic E-state index is -0.0895. The van der Waals surface area contributed by atoms with Gasteiger partial charge in [0.2, 0.25) is 0 Å². The van der Waals surface area contributed by atoms with Gasteiger partial charge in [-0.2, -0.15) is 0 Å². The van der Waals surface area contributed by atoms with E-state index in [4.69, 9.17) is 17.3 Å². The molecule has 22 heavy (non-hydrogen) atoms. The summed E-state index contributed by atoms with van der Waals surface area (Å²) in [6.07, 6.45) is 0. The Hall–Kier alpha value is -1.62. The van der Waals surface area contributed by atoms with Crippen LogP contribution in [0.15, 0.2) is 58.4 Å². The number of thiophene rings is 1. The van der Waals surface area contributed by atoms with Crippen LogP contribution in [0.2, 0.25) is 5.02 Å². The lowest BCUT2D eigenvalue weighted by Crippen LogP contribution is -2.04. The van der Waals surface area contributed by atoms with Gasteiger partial charge in [-0.15, -0.1) is 11.3 Å². The summed E-state index contributed by atoms with van der Waals surface area (Å²) < 4.78 is 0.991. The summed E-state index contributed by atoms with van der Waals surface area (Å²) >= 11 is 10.7. The first-order valence-electron chi connectivity index (χ1n) is 6.49. The van der Waals surface area contributed by atoms with Crippen LogP contribution in [0.1, 0.15) is 15.9 Å². The molecule has 2 N–H and O–H groups in total. The van der Waals surface area contributed by atoms with E-state index in [0.29, 0.717) is 21.2 Å². The van der Waals surface area contributed by atoms with Crippen molar-refractivity contribution >= 4 is 49.7 Å². The molecule has 0 fully saturated rings. The average Bonchev–Trinajstić information content (AvgIpc) is 2.90. The minimum Gasteiger partial charge on any atom is -0.390 e. The van der Waals surface area contributed by atoms with Crippen molar-refractivity contribution in [3.8, 4) is 11.1 Å². The van der Waals surface area contributed by atoms with Gasteiger partial charge in [0.1, 0.15) is 0 Å². The molecule has 0 amide bonds. The number of nitrogen functional groups attached to an aromatic ring is 1. The molecule has 3 aromatic rings. The summed E-state index contributed by atoms with van der Waals surface area (Å²) in [6.45, 7) is 0. The van der Waals surface area contributed by atoms with E-state index >= 15 is 0 Å². The summed E-state index contributed by atoms with van der Waals surface area (Å²) in [4.78, 5) is 12.8. The second kappa shape index (κ2) is 6.24. The molecule has 0 aliphatic rings. The Morgan fingerprint density at radius 2 is 1.68 bits per heavy atom. The molecule has 0 saturated carbocycles. The summed E-state index contributed by atoms with van der Waals surface area (Å²) in [5, 5.41) is 3.04. The third-order valence-electron chi connectivity index (χ3n) is 3.31. The zero-order valence-corrected chi connectivity index (χ0v) is 14.5. The van der Waals surface area contributed by atoms with Crippen molar-refractivity contribution in [1.29, 1.82) is 0 Å². The number of anilines is 1. The van der Waals surface area contributed by atoms with Crippen LogP contribution in [0.4, 0.5) is 5.00 Å². The van der Waals surface area contributed by atoms with Crippen molar-refractivity contribution in [3.63, 3.8) is 0 Å². The van der Waals surface area contributed by atoms with Crippen molar-refractivity contribution in [3.05, 3.63) is 74.5 Å². The van der Waals surface area contributed by atoms with E-state index in [0.717, 1.165) is 15.6 Å². The van der Waals surface area contributed by atoms with Gasteiger partial charge in [0, 0.05) is 26.0 Å². The standard InChI is InChI=1S/C17H11BrClNOS/c18-12-5-1-10(2-6-12)14-9-22-17(20)15(14)16(21)11-3-7-13(19)8-4-11/h1-9H,20H2. The predicted molar refractivity (Wildman–Crippen MR) is 96.8 cm³/mol. The largest absolute Gasteiger partial charge is 0.390 e. The van der Waals surface area contributed by atoms with Crippen LogP contribution >= 0.6 is 38.9 Å². The topological polar surface area (TPSA) is 43.1 Å². The molecule has 2 aromatic carbocycles. The van der Waals surface area contributed by atoms with E-state index in [1.807, 2.05) is 29.6 Å². The number of rotatable bonds is 3. The molecule has 0 saturated heterocycles. The highest BCUT2D eigenvalue weighted by Gasteiger charge is 2.20. The van der Waals surface area contributed by atoms with Gasteiger partial charge in [-0.3, -0.25) is 4.79 Å². The number of ketones is 1. The molecule has 0 unspecified atom stereocenters. The highest BCUT2D eigenvalue weighted by atomic mass is 79.9. The van der Waals surface area contributed by atoms with Crippen molar-refractivity contribution in [2.75, 3.05) is 5.73 Å². The van der Waals surface area contributed by atoms with Crippen molar-refractivity contribution in [2.45, 2.75) is 0 Å². The first kappa shape index (κ1) is 15.3. The quantitative estimate of drug-likeness (QED) is 0.586. The lowest BCUT2D eigenvalue weighted by molar-refractivity contribution is 0.104. The van der Waals surface area contributed by atoms with Crippen molar-refractivity contribution in [1.82, 2.24) is 0 Å². The molecule has 0 radical (unpaired) electrons. The predicted octanol–water partition coefficient (Wildman–Crippen LogP) is 5.64. The fraction of sp³-hybridized carbons (Fsp3) is 0. The van der Waals surface area contributed by atoms with Crippen LogP contribution in [-0.4, -0.2) is 5.78 Å². The van der Waals surface area contributed by atoms with Crippen LogP contribution in [0, 0.1) is 0 Å². The van der Waals surface area contributed by atoms with Crippen LogP contribution in [0.3, 0.4) is 0 Å². The van der Waals surface area contributed by atoms with Crippen molar-refractivity contribution < 1.29 is 4.79 Å². The first-order valence-corrected chi connectivity index (χ1v) is 8.54. The maximum absolute atomic E-state index is 12.8. The van der Waals surface area contributed by atoms with Crippen LogP contribution in [0.5, 0.6) is 0 Å². The monoisotopic (exact) mass is 391 g/mol. The summed E-state index contributed by atoms with van der Waals surface area (Å²) in [6, 6.07) is 14.7. The van der Waals surface area contributed by atoms with E-state index in [9.17, 15) is 4.79 Å². The highest BCUT2D eigenvalue weighted by Crippen LogP contribution is 2.35. The third-order valence-corrected chi connectivity index (χ3v) is 4.90. The minimum absolute atomic E-state index is 0.0895. The van der Waals surface area contributed by atoms with Crippen LogP contribution in [0.25, 0.3) is 11.1 Å². The lowest BCUT2D eigenvalue weighted by Gasteiger charge is -2.06. The highest BCUT2D eigenvalue weighted by molar-refractivity contribution is 9.10. The van der Waals surface area contributed by atoms with E-state index in [1.54, 1.807) is 24.3 Å². The van der Waals surface area contributed by atoms with Gasteiger partial charge in [-0.1, -0.05) is 39.7 Å². The molecule has 2 nitrogen and oxygen atoms in total. The van der Waals surface area contributed by atoms with Gasteiger partial charge in [0.15, 0.2) is 5.78 Å². The van der Waals surface area contributed by atoms with Gasteiger partial charge >= 0.3 is 0 Å². The maximum atomic E-state index is 12.8. The number of hydrogen-bond acceptors (Lipinski definition) is 3. The van der Waals surface area contributed by atoms with Crippen LogP contribution in [-0.2, 0) is 0 Å². The van der Waals surface area contributed by atoms with Gasteiger partial charge < -0.3 is 5.73 Å². The Kier molecular flexibility index (Phi) is 4.34. The number of nitrogens with two attached hydrogens (primary N) is 1. The van der Waals surface area contributed by atoms with E-state index < -0.39 is 0 Å². The molecule has 3 rings (SSSR count). The molecule has 0 bridgehead atoms. The molecular weight excluding hydrogens is 382 g/mol. The summed E-state index contributed by atoms with van der Waals surface area (Å²) in [5.41, 5.74) is 8.99. The zero-order valence-electron chi connectivity index (χ0n) is 11.3. The average molecular weight is 393 g/mol. The van der Waals surface area contributed by atoms with E-state index in [1.165, 1.54) is 11.3 Å². The molecule has 0 atom stereocenters. The van der Waals surface area contributed by atoms with Gasteiger partial charge in [-0.25, -0.2) is 0 Å². The summed E-state index contributed by atoms with van der Waals surface area (Å²) in [7, 11) is 0. The Labute approximate surface area is 145 Å². The molecule has 1 heterocycles. The SMILES string of the molecule is Nc1scc(-c2ccc(Br)cc2)c1C(=O)c1ccc(Cl)cc1. The Morgan fingerprint density at radius 3 is 2.32 bits per heavy atom. The number of hydrogen-bond donors (Lipinski definition) is 1. The lowest BCUT2D eigenvalue weighted by atomic mass is 9.97. The van der Waals surface area contributed by atoms with Crippen LogP contribution < -0.4 is 5.73 Å². The molecule has 0 spiro atoms. The second-order valence-electron chi connectivity index (χ2n) is 4.73. The first-order chi connectivity index (χ1) is 10.6. The van der Waals surface area contributed by atoms with Gasteiger partial charge in [-0.05, 0) is 42.0 Å². The normalized spacial score (nSPS) is 10.6. The number of carbonyl (C=O) groups excluding carboxylic acids is 1. The van der Waals surface area contributed by atoms with E-state index in [-0.39, 0.29) is 5.78 Å². The molecule has 0 aliphatic carbocycles. The van der Waals surface area contributed by atoms with Gasteiger partial charge in [0.05, 0.1) is 10.6 Å². The molecule has 1 aromatic heterocycles. The number of halogens is 2. The fourth-order valence-electron chi connectivity index (χ4n) is 2.19. The smallest absolute Gasteiger partial charge is 0.196 e. The Balaban J connectivity index is 2.07. The Morgan fingerprint density at radius 1 is 1.05 bits per heavy atom. The molecule has 0 aliphatic heterocycles. The van der Waals surface area contributed by atoms with Gasteiger partial charge in [0.25, 0.3) is 0 Å².